The van der Waals surface area contributed by atoms with Crippen LogP contribution in [0, 0.1) is 11.7 Å². The number of ketones is 1. The summed E-state index contributed by atoms with van der Waals surface area (Å²) in [6, 6.07) is 7.18. The van der Waals surface area contributed by atoms with E-state index in [0.29, 0.717) is 11.2 Å². The van der Waals surface area contributed by atoms with Gasteiger partial charge in [-0.2, -0.15) is 0 Å². The lowest BCUT2D eigenvalue weighted by Crippen LogP contribution is -2.37. The normalized spacial score (nSPS) is 11.1. The first-order chi connectivity index (χ1) is 11.3. The number of aromatic nitrogens is 4. The first-order valence-corrected chi connectivity index (χ1v) is 7.70. The second-order valence-corrected chi connectivity index (χ2v) is 6.10. The van der Waals surface area contributed by atoms with E-state index in [9.17, 15) is 14.4 Å². The van der Waals surface area contributed by atoms with E-state index in [1.54, 1.807) is 19.2 Å². The van der Waals surface area contributed by atoms with Gasteiger partial charge >= 0.3 is 5.69 Å². The third-order valence-electron chi connectivity index (χ3n) is 4.06. The molecular weight excluding hydrogens is 328 g/mol. The quantitative estimate of drug-likeness (QED) is 0.573. The van der Waals surface area contributed by atoms with Crippen LogP contribution in [0.5, 0.6) is 0 Å². The minimum absolute atomic E-state index is 0.0741. The molecule has 0 spiro atoms. The van der Waals surface area contributed by atoms with Gasteiger partial charge in [-0.3, -0.25) is 18.7 Å². The highest BCUT2D eigenvalue weighted by atomic mass is 32.1. The number of aromatic amines is 1. The number of hydrogen-bond donors (Lipinski definition) is 1. The molecule has 1 N–H and O–H groups in total. The zero-order valence-electron chi connectivity index (χ0n) is 13.5. The van der Waals surface area contributed by atoms with Crippen LogP contribution in [0.25, 0.3) is 11.2 Å². The van der Waals surface area contributed by atoms with E-state index in [2.05, 4.69) is 4.98 Å². The lowest BCUT2D eigenvalue weighted by molar-refractivity contribution is 0.0973. The summed E-state index contributed by atoms with van der Waals surface area (Å²) in [6.45, 7) is 1.86. The number of carbonyl (C=O) groups excluding carboxylic acids is 1. The van der Waals surface area contributed by atoms with Crippen molar-refractivity contribution >= 4 is 29.2 Å². The minimum Gasteiger partial charge on any atom is -0.316 e. The third kappa shape index (κ3) is 2.44. The van der Waals surface area contributed by atoms with E-state index in [1.807, 2.05) is 19.1 Å². The molecule has 1 aromatic carbocycles. The van der Waals surface area contributed by atoms with Crippen molar-refractivity contribution in [1.29, 1.82) is 0 Å². The van der Waals surface area contributed by atoms with Crippen LogP contribution in [0.4, 0.5) is 0 Å². The first kappa shape index (κ1) is 16.1. The fraction of sp³-hybridized carbons (Fsp3) is 0.250. The SMILES string of the molecule is Cc1ccc(C(=O)Cn2c(=S)[nH]c3c2c(=O)n(C)c(=O)n3C)cc1. The largest absolute Gasteiger partial charge is 0.332 e. The van der Waals surface area contributed by atoms with E-state index < -0.39 is 11.2 Å². The summed E-state index contributed by atoms with van der Waals surface area (Å²) in [7, 11) is 2.94. The summed E-state index contributed by atoms with van der Waals surface area (Å²) < 4.78 is 3.97. The van der Waals surface area contributed by atoms with Crippen molar-refractivity contribution in [3.05, 3.63) is 61.0 Å². The number of imidazole rings is 1. The van der Waals surface area contributed by atoms with E-state index in [0.717, 1.165) is 10.1 Å². The van der Waals surface area contributed by atoms with Crippen LogP contribution in [0.15, 0.2) is 33.9 Å². The molecule has 0 unspecified atom stereocenters. The molecule has 0 aliphatic heterocycles. The smallest absolute Gasteiger partial charge is 0.316 e. The van der Waals surface area contributed by atoms with Gasteiger partial charge < -0.3 is 9.55 Å². The number of Topliss-reactive ketones (excluding diaryl/α,β-unsaturated/α-hetero) is 1. The molecule has 124 valence electrons. The molecule has 8 heteroatoms. The second-order valence-electron chi connectivity index (χ2n) is 5.71. The predicted molar refractivity (Wildman–Crippen MR) is 93.1 cm³/mol. The van der Waals surface area contributed by atoms with Crippen LogP contribution in [-0.4, -0.2) is 24.5 Å². The Hall–Kier alpha value is -2.74. The molecule has 3 rings (SSSR count). The number of nitrogens with one attached hydrogen (secondary N) is 1. The molecule has 0 atom stereocenters. The Morgan fingerprint density at radius 3 is 2.38 bits per heavy atom. The van der Waals surface area contributed by atoms with Crippen LogP contribution in [-0.2, 0) is 20.6 Å². The number of hydrogen-bond acceptors (Lipinski definition) is 4. The zero-order chi connectivity index (χ0) is 17.6. The molecule has 0 saturated heterocycles. The van der Waals surface area contributed by atoms with Gasteiger partial charge in [0.1, 0.15) is 5.65 Å². The number of fused-ring (bicyclic) bond motifs is 1. The molecule has 0 fully saturated rings. The van der Waals surface area contributed by atoms with Crippen LogP contribution in [0.2, 0.25) is 0 Å². The molecule has 0 saturated carbocycles. The van der Waals surface area contributed by atoms with Crippen molar-refractivity contribution < 1.29 is 4.79 Å². The van der Waals surface area contributed by atoms with E-state index in [4.69, 9.17) is 12.2 Å². The van der Waals surface area contributed by atoms with E-state index >= 15 is 0 Å². The summed E-state index contributed by atoms with van der Waals surface area (Å²) in [5.41, 5.74) is 1.17. The molecule has 0 radical (unpaired) electrons. The molecule has 2 heterocycles. The summed E-state index contributed by atoms with van der Waals surface area (Å²) in [6.07, 6.45) is 0. The Kier molecular flexibility index (Phi) is 3.84. The van der Waals surface area contributed by atoms with Crippen molar-refractivity contribution in [3.63, 3.8) is 0 Å². The number of rotatable bonds is 3. The average molecular weight is 344 g/mol. The summed E-state index contributed by atoms with van der Waals surface area (Å²) in [5.74, 6) is -0.164. The highest BCUT2D eigenvalue weighted by molar-refractivity contribution is 7.71. The topological polar surface area (TPSA) is 81.8 Å². The fourth-order valence-corrected chi connectivity index (χ4v) is 2.86. The Balaban J connectivity index is 2.17. The van der Waals surface area contributed by atoms with Gasteiger partial charge in [-0.1, -0.05) is 29.8 Å². The molecule has 0 amide bonds. The van der Waals surface area contributed by atoms with Crippen molar-refractivity contribution in [1.82, 2.24) is 18.7 Å². The van der Waals surface area contributed by atoms with Crippen molar-refractivity contribution in [2.24, 2.45) is 14.1 Å². The second kappa shape index (κ2) is 5.72. The van der Waals surface area contributed by atoms with E-state index in [1.165, 1.54) is 16.2 Å². The Morgan fingerprint density at radius 1 is 1.12 bits per heavy atom. The van der Waals surface area contributed by atoms with Gasteiger partial charge in [0.25, 0.3) is 5.56 Å². The maximum absolute atomic E-state index is 12.5. The number of carbonyl (C=O) groups is 1. The van der Waals surface area contributed by atoms with Gasteiger partial charge in [-0.05, 0) is 19.1 Å². The van der Waals surface area contributed by atoms with Crippen molar-refractivity contribution in [2.45, 2.75) is 13.5 Å². The van der Waals surface area contributed by atoms with Crippen molar-refractivity contribution in [3.8, 4) is 0 Å². The highest BCUT2D eigenvalue weighted by Gasteiger charge is 2.17. The predicted octanol–water partition coefficient (Wildman–Crippen LogP) is 1.29. The number of benzene rings is 1. The highest BCUT2D eigenvalue weighted by Crippen LogP contribution is 2.11. The van der Waals surface area contributed by atoms with Gasteiger partial charge in [0, 0.05) is 19.7 Å². The maximum atomic E-state index is 12.5. The molecule has 0 aliphatic rings. The average Bonchev–Trinajstić information content (AvgIpc) is 2.88. The third-order valence-corrected chi connectivity index (χ3v) is 4.38. The van der Waals surface area contributed by atoms with E-state index in [-0.39, 0.29) is 22.6 Å². The molecule has 2 aromatic heterocycles. The Morgan fingerprint density at radius 2 is 1.75 bits per heavy atom. The first-order valence-electron chi connectivity index (χ1n) is 7.29. The molecule has 0 bridgehead atoms. The monoisotopic (exact) mass is 344 g/mol. The van der Waals surface area contributed by atoms with Gasteiger partial charge in [-0.25, -0.2) is 4.79 Å². The van der Waals surface area contributed by atoms with Crippen LogP contribution in [0.3, 0.4) is 0 Å². The molecule has 7 nitrogen and oxygen atoms in total. The van der Waals surface area contributed by atoms with Gasteiger partial charge in [0.05, 0.1) is 6.54 Å². The summed E-state index contributed by atoms with van der Waals surface area (Å²) >= 11 is 5.24. The number of aryl methyl sites for hydroxylation is 2. The Bertz CT molecular complexity index is 1130. The number of nitrogens with zero attached hydrogens (tertiary/aromatic N) is 3. The Labute approximate surface area is 141 Å². The maximum Gasteiger partial charge on any atom is 0.332 e. The standard InChI is InChI=1S/C16H16N4O3S/c1-9-4-6-10(7-5-9)11(21)8-20-12-13(17-15(20)24)18(2)16(23)19(3)14(12)22/h4-7H,8H2,1-3H3,(H,17,24). The van der Waals surface area contributed by atoms with Crippen molar-refractivity contribution in [2.75, 3.05) is 0 Å². The molecule has 3 aromatic rings. The van der Waals surface area contributed by atoms with Gasteiger partial charge in [-0.15, -0.1) is 0 Å². The number of H-pyrrole nitrogens is 1. The van der Waals surface area contributed by atoms with Crippen LogP contribution >= 0.6 is 12.2 Å². The zero-order valence-corrected chi connectivity index (χ0v) is 14.3. The lowest BCUT2D eigenvalue weighted by atomic mass is 10.1. The molecule has 24 heavy (non-hydrogen) atoms. The van der Waals surface area contributed by atoms with Gasteiger partial charge in [0.15, 0.2) is 16.1 Å². The fourth-order valence-electron chi connectivity index (χ4n) is 2.61. The molecule has 0 aliphatic carbocycles. The summed E-state index contributed by atoms with van der Waals surface area (Å²) in [5, 5.41) is 0. The van der Waals surface area contributed by atoms with Crippen LogP contribution in [0.1, 0.15) is 15.9 Å². The van der Waals surface area contributed by atoms with Crippen LogP contribution < -0.4 is 11.2 Å². The summed E-state index contributed by atoms with van der Waals surface area (Å²) in [4.78, 5) is 39.8. The van der Waals surface area contributed by atoms with Gasteiger partial charge in [0.2, 0.25) is 0 Å². The minimum atomic E-state index is -0.489. The lowest BCUT2D eigenvalue weighted by Gasteiger charge is -2.07. The molecular formula is C16H16N4O3S.